The average Bonchev–Trinajstić information content (AvgIpc) is 3.51. The third-order valence-corrected chi connectivity index (χ3v) is 6.07. The predicted octanol–water partition coefficient (Wildman–Crippen LogP) is 6.70. The summed E-state index contributed by atoms with van der Waals surface area (Å²) in [5, 5.41) is 0. The number of allylic oxidation sites excluding steroid dienone is 2. The van der Waals surface area contributed by atoms with Crippen molar-refractivity contribution in [2.75, 3.05) is 0 Å². The Hall–Kier alpha value is -3.79. The first-order valence-corrected chi connectivity index (χ1v) is 11.0. The molecule has 0 fully saturated rings. The normalized spacial score (nSPS) is 14.8. The van der Waals surface area contributed by atoms with E-state index >= 15 is 0 Å². The van der Waals surface area contributed by atoms with E-state index in [0.717, 1.165) is 45.5 Å². The highest BCUT2D eigenvalue weighted by Gasteiger charge is 2.20. The van der Waals surface area contributed by atoms with E-state index < -0.39 is 0 Å². The topological polar surface area (TPSA) is 59.7 Å². The fourth-order valence-electron chi connectivity index (χ4n) is 4.81. The number of hydrogen-bond acceptors (Lipinski definition) is 1. The molecule has 0 aliphatic carbocycles. The van der Waals surface area contributed by atoms with Crippen LogP contribution in [0.25, 0.3) is 17.0 Å². The van der Waals surface area contributed by atoms with Crippen molar-refractivity contribution in [3.63, 3.8) is 0 Å². The van der Waals surface area contributed by atoms with E-state index in [1.54, 1.807) is 0 Å². The molecule has 0 amide bonds. The molecule has 0 unspecified atom stereocenters. The van der Waals surface area contributed by atoms with Crippen LogP contribution in [0.4, 0.5) is 0 Å². The highest BCUT2D eigenvalue weighted by atomic mass is 14.8. The van der Waals surface area contributed by atoms with Gasteiger partial charge in [0.05, 0.1) is 28.5 Å². The SMILES string of the molecule is Cc1cc(C)c(/C(=C2\C=CC(c3ccc[nH]3)=N2)c2ccc(-c3[nH]c(C)cc3C)[nH]2)c(C)c1. The van der Waals surface area contributed by atoms with Crippen molar-refractivity contribution < 1.29 is 0 Å². The van der Waals surface area contributed by atoms with Gasteiger partial charge in [0.15, 0.2) is 0 Å². The number of aromatic amines is 3. The molecule has 0 bridgehead atoms. The van der Waals surface area contributed by atoms with Gasteiger partial charge in [0.2, 0.25) is 0 Å². The third kappa shape index (κ3) is 3.48. The molecule has 1 aliphatic rings. The molecule has 4 heteroatoms. The molecule has 4 aromatic rings. The highest BCUT2D eigenvalue weighted by Crippen LogP contribution is 2.36. The third-order valence-electron chi connectivity index (χ3n) is 6.07. The van der Waals surface area contributed by atoms with Crippen LogP contribution in [0.3, 0.4) is 0 Å². The molecule has 4 nitrogen and oxygen atoms in total. The zero-order chi connectivity index (χ0) is 22.4. The number of nitrogens with zero attached hydrogens (tertiary/aromatic N) is 1. The van der Waals surface area contributed by atoms with Gasteiger partial charge < -0.3 is 15.0 Å². The lowest BCUT2D eigenvalue weighted by atomic mass is 9.91. The largest absolute Gasteiger partial charge is 0.360 e. The second kappa shape index (κ2) is 7.72. The van der Waals surface area contributed by atoms with Crippen LogP contribution < -0.4 is 0 Å². The Morgan fingerprint density at radius 1 is 0.781 bits per heavy atom. The van der Waals surface area contributed by atoms with E-state index in [4.69, 9.17) is 4.99 Å². The van der Waals surface area contributed by atoms with Gasteiger partial charge in [-0.05, 0) is 99.4 Å². The number of aryl methyl sites for hydroxylation is 5. The summed E-state index contributed by atoms with van der Waals surface area (Å²) in [6, 6.07) is 15.1. The summed E-state index contributed by atoms with van der Waals surface area (Å²) in [4.78, 5) is 15.4. The molecule has 1 aromatic carbocycles. The summed E-state index contributed by atoms with van der Waals surface area (Å²) >= 11 is 0. The summed E-state index contributed by atoms with van der Waals surface area (Å²) in [5.41, 5.74) is 14.8. The second-order valence-electron chi connectivity index (χ2n) is 8.74. The lowest BCUT2D eigenvalue weighted by Gasteiger charge is -2.16. The van der Waals surface area contributed by atoms with Crippen LogP contribution >= 0.6 is 0 Å². The molecular weight excluding hydrogens is 392 g/mol. The first-order chi connectivity index (χ1) is 15.4. The molecule has 4 heterocycles. The molecular formula is C28H28N4. The summed E-state index contributed by atoms with van der Waals surface area (Å²) in [7, 11) is 0. The molecule has 160 valence electrons. The van der Waals surface area contributed by atoms with E-state index in [9.17, 15) is 0 Å². The van der Waals surface area contributed by atoms with Gasteiger partial charge in [0, 0.05) is 23.2 Å². The zero-order valence-corrected chi connectivity index (χ0v) is 19.2. The van der Waals surface area contributed by atoms with Crippen LogP contribution in [0, 0.1) is 34.6 Å². The van der Waals surface area contributed by atoms with Crippen molar-refractivity contribution in [2.24, 2.45) is 4.99 Å². The van der Waals surface area contributed by atoms with E-state index in [1.165, 1.54) is 27.8 Å². The van der Waals surface area contributed by atoms with Crippen molar-refractivity contribution in [3.05, 3.63) is 111 Å². The summed E-state index contributed by atoms with van der Waals surface area (Å²) in [6.07, 6.45) is 6.14. The lowest BCUT2D eigenvalue weighted by Crippen LogP contribution is -2.00. The first kappa shape index (κ1) is 20.1. The van der Waals surface area contributed by atoms with Crippen molar-refractivity contribution >= 4 is 11.3 Å². The van der Waals surface area contributed by atoms with Gasteiger partial charge in [-0.3, -0.25) is 0 Å². The van der Waals surface area contributed by atoms with Crippen molar-refractivity contribution in [1.82, 2.24) is 15.0 Å². The van der Waals surface area contributed by atoms with Crippen LogP contribution in [0.5, 0.6) is 0 Å². The Balaban J connectivity index is 1.71. The molecule has 32 heavy (non-hydrogen) atoms. The lowest BCUT2D eigenvalue weighted by molar-refractivity contribution is 1.22. The van der Waals surface area contributed by atoms with Crippen molar-refractivity contribution in [3.8, 4) is 11.4 Å². The smallest absolute Gasteiger partial charge is 0.0872 e. The van der Waals surface area contributed by atoms with Gasteiger partial charge in [-0.1, -0.05) is 17.7 Å². The van der Waals surface area contributed by atoms with E-state index in [2.05, 4.69) is 98.1 Å². The monoisotopic (exact) mass is 420 g/mol. The van der Waals surface area contributed by atoms with E-state index in [-0.39, 0.29) is 0 Å². The number of aromatic nitrogens is 3. The molecule has 3 N–H and O–H groups in total. The predicted molar refractivity (Wildman–Crippen MR) is 133 cm³/mol. The minimum Gasteiger partial charge on any atom is -0.360 e. The summed E-state index contributed by atoms with van der Waals surface area (Å²) in [6.45, 7) is 10.8. The average molecular weight is 421 g/mol. The molecule has 3 aromatic heterocycles. The van der Waals surface area contributed by atoms with Crippen LogP contribution in [0.2, 0.25) is 0 Å². The molecule has 0 spiro atoms. The zero-order valence-electron chi connectivity index (χ0n) is 19.2. The fraction of sp³-hybridized carbons (Fsp3) is 0.179. The maximum Gasteiger partial charge on any atom is 0.0872 e. The Morgan fingerprint density at radius 3 is 2.22 bits per heavy atom. The maximum absolute atomic E-state index is 5.02. The van der Waals surface area contributed by atoms with Crippen molar-refractivity contribution in [1.29, 1.82) is 0 Å². The molecule has 0 atom stereocenters. The Labute approximate surface area is 188 Å². The van der Waals surface area contributed by atoms with Gasteiger partial charge >= 0.3 is 0 Å². The van der Waals surface area contributed by atoms with Crippen LogP contribution in [0.15, 0.2) is 71.5 Å². The molecule has 5 rings (SSSR count). The van der Waals surface area contributed by atoms with Crippen molar-refractivity contribution in [2.45, 2.75) is 34.6 Å². The van der Waals surface area contributed by atoms with E-state index in [1.807, 2.05) is 12.3 Å². The van der Waals surface area contributed by atoms with Crippen LogP contribution in [0.1, 0.15) is 44.9 Å². The molecule has 0 radical (unpaired) electrons. The van der Waals surface area contributed by atoms with Gasteiger partial charge in [0.1, 0.15) is 0 Å². The highest BCUT2D eigenvalue weighted by molar-refractivity contribution is 6.11. The quantitative estimate of drug-likeness (QED) is 0.329. The number of H-pyrrole nitrogens is 3. The van der Waals surface area contributed by atoms with E-state index in [0.29, 0.717) is 0 Å². The minimum absolute atomic E-state index is 0.951. The summed E-state index contributed by atoms with van der Waals surface area (Å²) < 4.78 is 0. The summed E-state index contributed by atoms with van der Waals surface area (Å²) in [5.74, 6) is 0. The Kier molecular flexibility index (Phi) is 4.86. The second-order valence-corrected chi connectivity index (χ2v) is 8.74. The van der Waals surface area contributed by atoms with Crippen LogP contribution in [-0.4, -0.2) is 20.7 Å². The van der Waals surface area contributed by atoms with Gasteiger partial charge in [0.25, 0.3) is 0 Å². The molecule has 0 saturated heterocycles. The first-order valence-electron chi connectivity index (χ1n) is 11.0. The standard InChI is InChI=1S/C28H28N4/c1-16-13-17(2)26(18(3)14-16)27(23-9-8-22(31-23)21-7-6-12-29-21)24-10-11-25(32-24)28-19(4)15-20(5)30-28/h6-15,29-30,32H,1-5H3/b27-23+. The number of benzene rings is 1. The maximum atomic E-state index is 5.02. The molecule has 0 saturated carbocycles. The molecule has 1 aliphatic heterocycles. The number of rotatable bonds is 4. The number of nitrogens with one attached hydrogen (secondary N) is 3. The minimum atomic E-state index is 0.951. The van der Waals surface area contributed by atoms with Crippen LogP contribution in [-0.2, 0) is 0 Å². The fourth-order valence-corrected chi connectivity index (χ4v) is 4.81. The number of aliphatic imine (C=N–C) groups is 1. The number of hydrogen-bond donors (Lipinski definition) is 3. The van der Waals surface area contributed by atoms with Gasteiger partial charge in [-0.25, -0.2) is 4.99 Å². The Bertz CT molecular complexity index is 1380. The Morgan fingerprint density at radius 2 is 1.56 bits per heavy atom. The van der Waals surface area contributed by atoms with Gasteiger partial charge in [-0.2, -0.15) is 0 Å². The van der Waals surface area contributed by atoms with Gasteiger partial charge in [-0.15, -0.1) is 0 Å².